The molecule has 0 N–H and O–H groups in total. The van der Waals surface area contributed by atoms with Crippen molar-refractivity contribution in [2.45, 2.75) is 6.92 Å². The molecule has 6 rings (SSSR count). The first-order chi connectivity index (χ1) is 14.6. The van der Waals surface area contributed by atoms with Crippen LogP contribution in [0.1, 0.15) is 5.56 Å². The Balaban J connectivity index is 0.000000182. The van der Waals surface area contributed by atoms with E-state index in [0.29, 0.717) is 5.56 Å². The van der Waals surface area contributed by atoms with Crippen LogP contribution in [0.15, 0.2) is 91.0 Å². The molecule has 5 aromatic rings. The minimum absolute atomic E-state index is 0.521. The zero-order valence-corrected chi connectivity index (χ0v) is 16.3. The predicted octanol–water partition coefficient (Wildman–Crippen LogP) is 8.04. The van der Waals surface area contributed by atoms with Crippen LogP contribution in [0.5, 0.6) is 11.5 Å². The molecule has 0 saturated carbocycles. The summed E-state index contributed by atoms with van der Waals surface area (Å²) in [4.78, 5) is 0. The molecule has 1 aliphatic heterocycles. The summed E-state index contributed by atoms with van der Waals surface area (Å²) >= 11 is 0. The molecule has 5 aromatic carbocycles. The number of halogens is 2. The second-order valence-corrected chi connectivity index (χ2v) is 7.37. The maximum absolute atomic E-state index is 12.2. The van der Waals surface area contributed by atoms with E-state index in [0.717, 1.165) is 17.6 Å². The van der Waals surface area contributed by atoms with Crippen LogP contribution in [0.3, 0.4) is 0 Å². The number of hydrogen-bond donors (Lipinski definition) is 0. The minimum atomic E-state index is -0.521. The van der Waals surface area contributed by atoms with Crippen LogP contribution in [0.4, 0.5) is 8.78 Å². The molecule has 0 fully saturated rings. The number of fused-ring (bicyclic) bond motifs is 4. The van der Waals surface area contributed by atoms with Gasteiger partial charge in [-0.05, 0) is 58.5 Å². The Bertz CT molecular complexity index is 1350. The lowest BCUT2D eigenvalue weighted by Crippen LogP contribution is -1.97. The molecule has 0 saturated heterocycles. The van der Waals surface area contributed by atoms with E-state index in [2.05, 4.69) is 60.7 Å². The molecule has 0 bridgehead atoms. The van der Waals surface area contributed by atoms with Crippen molar-refractivity contribution in [1.29, 1.82) is 0 Å². The molecule has 0 spiro atoms. The van der Waals surface area contributed by atoms with Crippen LogP contribution in [0, 0.1) is 18.6 Å². The molecule has 146 valence electrons. The van der Waals surface area contributed by atoms with Gasteiger partial charge in [0.1, 0.15) is 23.1 Å². The van der Waals surface area contributed by atoms with Gasteiger partial charge in [-0.2, -0.15) is 0 Å². The third-order valence-corrected chi connectivity index (χ3v) is 5.25. The maximum atomic E-state index is 12.2. The van der Waals surface area contributed by atoms with E-state index in [1.165, 1.54) is 44.8 Å². The molecule has 3 heteroatoms. The fraction of sp³-hybridized carbons (Fsp3) is 0.0370. The first kappa shape index (κ1) is 18.3. The van der Waals surface area contributed by atoms with Gasteiger partial charge in [-0.15, -0.1) is 0 Å². The van der Waals surface area contributed by atoms with Gasteiger partial charge in [0, 0.05) is 17.0 Å². The van der Waals surface area contributed by atoms with E-state index in [1.54, 1.807) is 6.92 Å². The molecule has 30 heavy (non-hydrogen) atoms. The van der Waals surface area contributed by atoms with Crippen LogP contribution in [-0.4, -0.2) is 0 Å². The Labute approximate surface area is 173 Å². The third-order valence-electron chi connectivity index (χ3n) is 5.25. The first-order valence-electron chi connectivity index (χ1n) is 9.74. The number of hydrogen-bond acceptors (Lipinski definition) is 1. The zero-order valence-electron chi connectivity index (χ0n) is 16.3. The second kappa shape index (κ2) is 7.27. The van der Waals surface area contributed by atoms with Gasteiger partial charge in [-0.3, -0.25) is 0 Å². The van der Waals surface area contributed by atoms with E-state index in [4.69, 9.17) is 4.74 Å². The molecule has 0 unspecified atom stereocenters. The lowest BCUT2D eigenvalue weighted by atomic mass is 9.92. The van der Waals surface area contributed by atoms with Crippen molar-refractivity contribution < 1.29 is 13.5 Å². The highest BCUT2D eigenvalue weighted by Crippen LogP contribution is 2.48. The van der Waals surface area contributed by atoms with Crippen LogP contribution >= 0.6 is 0 Å². The van der Waals surface area contributed by atoms with Crippen molar-refractivity contribution >= 4 is 21.5 Å². The molecule has 0 aromatic heterocycles. The van der Waals surface area contributed by atoms with Crippen molar-refractivity contribution in [2.24, 2.45) is 0 Å². The highest BCUT2D eigenvalue weighted by molar-refractivity contribution is 6.16. The van der Waals surface area contributed by atoms with Crippen LogP contribution < -0.4 is 4.74 Å². The second-order valence-electron chi connectivity index (χ2n) is 7.37. The summed E-state index contributed by atoms with van der Waals surface area (Å²) in [5, 5.41) is 4.97. The van der Waals surface area contributed by atoms with Crippen LogP contribution in [0.2, 0.25) is 0 Å². The molecule has 0 aliphatic carbocycles. The molecule has 1 heterocycles. The van der Waals surface area contributed by atoms with Gasteiger partial charge in [0.15, 0.2) is 0 Å². The largest absolute Gasteiger partial charge is 0.456 e. The van der Waals surface area contributed by atoms with E-state index < -0.39 is 11.6 Å². The Morgan fingerprint density at radius 2 is 1.27 bits per heavy atom. The summed E-state index contributed by atoms with van der Waals surface area (Å²) in [5.41, 5.74) is 3.04. The Kier molecular flexibility index (Phi) is 4.44. The summed E-state index contributed by atoms with van der Waals surface area (Å²) in [6, 6.07) is 28.8. The van der Waals surface area contributed by atoms with Gasteiger partial charge in [-0.1, -0.05) is 60.7 Å². The maximum Gasteiger partial charge on any atom is 0.136 e. The predicted molar refractivity (Wildman–Crippen MR) is 118 cm³/mol. The molecular weight excluding hydrogens is 378 g/mol. The van der Waals surface area contributed by atoms with Gasteiger partial charge >= 0.3 is 0 Å². The molecule has 0 radical (unpaired) electrons. The lowest BCUT2D eigenvalue weighted by molar-refractivity contribution is 0.487. The molecule has 0 amide bonds. The molecular formula is C27H18F2O. The van der Waals surface area contributed by atoms with Crippen molar-refractivity contribution in [2.75, 3.05) is 0 Å². The third kappa shape index (κ3) is 3.18. The Hall–Kier alpha value is -3.72. The van der Waals surface area contributed by atoms with Crippen LogP contribution in [-0.2, 0) is 0 Å². The van der Waals surface area contributed by atoms with Gasteiger partial charge in [-0.25, -0.2) is 8.78 Å². The molecule has 0 atom stereocenters. The average Bonchev–Trinajstić information content (AvgIpc) is 2.73. The van der Waals surface area contributed by atoms with Gasteiger partial charge < -0.3 is 4.74 Å². The Morgan fingerprint density at radius 3 is 2.07 bits per heavy atom. The number of benzene rings is 5. The topological polar surface area (TPSA) is 9.23 Å². The summed E-state index contributed by atoms with van der Waals surface area (Å²) in [6.45, 7) is 1.64. The monoisotopic (exact) mass is 396 g/mol. The normalized spacial score (nSPS) is 11.4. The number of aryl methyl sites for hydroxylation is 1. The van der Waals surface area contributed by atoms with Crippen LogP contribution in [0.25, 0.3) is 32.7 Å². The number of rotatable bonds is 0. The average molecular weight is 396 g/mol. The summed E-state index contributed by atoms with van der Waals surface area (Å²) in [7, 11) is 0. The van der Waals surface area contributed by atoms with Crippen molar-refractivity contribution in [1.82, 2.24) is 0 Å². The zero-order chi connectivity index (χ0) is 20.7. The molecule has 1 aliphatic rings. The van der Waals surface area contributed by atoms with Gasteiger partial charge in [0.25, 0.3) is 0 Å². The fourth-order valence-corrected chi connectivity index (χ4v) is 4.02. The summed E-state index contributed by atoms with van der Waals surface area (Å²) < 4.78 is 30.5. The van der Waals surface area contributed by atoms with Crippen molar-refractivity contribution in [3.05, 3.63) is 108 Å². The van der Waals surface area contributed by atoms with Crippen molar-refractivity contribution in [3.63, 3.8) is 0 Å². The van der Waals surface area contributed by atoms with E-state index in [9.17, 15) is 8.78 Å². The fourth-order valence-electron chi connectivity index (χ4n) is 4.02. The standard InChI is InChI=1S/C20H12O.C7H6F2/c1-2-7-14-13(6-1)12-19-20-16(14)9-5-10-17(20)15-8-3-4-11-18(15)21-19;1-5-2-6(8)4-7(9)3-5/h1-12H;2-4H,1H3. The SMILES string of the molecule is Cc1cc(F)cc(F)c1.c1ccc2c(c1)Oc1cc3ccccc3c3cccc-2c13. The van der Waals surface area contributed by atoms with Crippen molar-refractivity contribution in [3.8, 4) is 22.6 Å². The number of ether oxygens (including phenoxy) is 1. The first-order valence-corrected chi connectivity index (χ1v) is 9.74. The van der Waals surface area contributed by atoms with Gasteiger partial charge in [0.05, 0.1) is 0 Å². The van der Waals surface area contributed by atoms with E-state index in [1.807, 2.05) is 12.1 Å². The summed E-state index contributed by atoms with van der Waals surface area (Å²) in [6.07, 6.45) is 0. The quantitative estimate of drug-likeness (QED) is 0.236. The minimum Gasteiger partial charge on any atom is -0.456 e. The highest BCUT2D eigenvalue weighted by Gasteiger charge is 2.20. The smallest absolute Gasteiger partial charge is 0.136 e. The number of para-hydroxylation sites is 1. The molecule has 1 nitrogen and oxygen atoms in total. The van der Waals surface area contributed by atoms with E-state index >= 15 is 0 Å². The Morgan fingerprint density at radius 1 is 0.600 bits per heavy atom. The van der Waals surface area contributed by atoms with Gasteiger partial charge in [0.2, 0.25) is 0 Å². The highest BCUT2D eigenvalue weighted by atomic mass is 19.1. The van der Waals surface area contributed by atoms with E-state index in [-0.39, 0.29) is 0 Å². The lowest BCUT2D eigenvalue weighted by Gasteiger charge is -2.22. The summed E-state index contributed by atoms with van der Waals surface area (Å²) in [5.74, 6) is 0.853.